The summed E-state index contributed by atoms with van der Waals surface area (Å²) in [5.74, 6) is -0.230. The van der Waals surface area contributed by atoms with Crippen LogP contribution in [0.3, 0.4) is 0 Å². The smallest absolute Gasteiger partial charge is 0.239 e. The van der Waals surface area contributed by atoms with Gasteiger partial charge in [0.25, 0.3) is 0 Å². The Labute approximate surface area is 146 Å². The first-order chi connectivity index (χ1) is 11.3. The van der Waals surface area contributed by atoms with Crippen LogP contribution < -0.4 is 15.4 Å². The molecule has 2 amide bonds. The fourth-order valence-electron chi connectivity index (χ4n) is 2.37. The number of methoxy groups -OCH3 is 1. The van der Waals surface area contributed by atoms with Crippen LogP contribution in [-0.4, -0.2) is 38.2 Å². The van der Waals surface area contributed by atoms with Gasteiger partial charge in [-0.2, -0.15) is 0 Å². The summed E-state index contributed by atoms with van der Waals surface area (Å²) in [5, 5.41) is 5.89. The van der Waals surface area contributed by atoms with E-state index in [1.165, 1.54) is 7.11 Å². The third kappa shape index (κ3) is 4.39. The molecule has 2 rings (SSSR count). The third-order valence-electron chi connectivity index (χ3n) is 4.06. The molecule has 132 valence electrons. The standard InChI is InChI=1S/C17H23ClN2O4/c1-17(2,15(21)19-10-12-5-4-8-24-12)16(22)20-11-6-7-14(23-3)13(18)9-11/h6-7,9,12H,4-5,8,10H2,1-3H3,(H,19,21)(H,20,22). The molecule has 0 aliphatic carbocycles. The maximum atomic E-state index is 12.5. The molecule has 24 heavy (non-hydrogen) atoms. The molecule has 1 unspecified atom stereocenters. The van der Waals surface area contributed by atoms with Crippen molar-refractivity contribution in [3.63, 3.8) is 0 Å². The molecule has 0 spiro atoms. The van der Waals surface area contributed by atoms with E-state index in [0.29, 0.717) is 23.0 Å². The molecular formula is C17H23ClN2O4. The van der Waals surface area contributed by atoms with Gasteiger partial charge in [-0.05, 0) is 44.9 Å². The largest absolute Gasteiger partial charge is 0.495 e. The molecule has 1 aromatic carbocycles. The molecule has 0 saturated carbocycles. The summed E-state index contributed by atoms with van der Waals surface area (Å²) in [4.78, 5) is 24.8. The number of hydrogen-bond acceptors (Lipinski definition) is 4. The number of nitrogens with one attached hydrogen (secondary N) is 2. The molecule has 1 saturated heterocycles. The van der Waals surface area contributed by atoms with Gasteiger partial charge in [0.05, 0.1) is 18.2 Å². The molecule has 0 aromatic heterocycles. The van der Waals surface area contributed by atoms with Crippen molar-refractivity contribution >= 4 is 29.1 Å². The van der Waals surface area contributed by atoms with Crippen molar-refractivity contribution in [2.45, 2.75) is 32.8 Å². The third-order valence-corrected chi connectivity index (χ3v) is 4.35. The van der Waals surface area contributed by atoms with Crippen LogP contribution in [0.25, 0.3) is 0 Å². The summed E-state index contributed by atoms with van der Waals surface area (Å²) in [6.07, 6.45) is 1.97. The number of rotatable bonds is 6. The van der Waals surface area contributed by atoms with Gasteiger partial charge < -0.3 is 20.1 Å². The molecule has 1 aliphatic heterocycles. The van der Waals surface area contributed by atoms with Crippen LogP contribution in [0.4, 0.5) is 5.69 Å². The predicted octanol–water partition coefficient (Wildman–Crippen LogP) is 2.61. The zero-order chi connectivity index (χ0) is 17.7. The first-order valence-electron chi connectivity index (χ1n) is 7.89. The second-order valence-electron chi connectivity index (χ2n) is 6.27. The van der Waals surface area contributed by atoms with Crippen LogP contribution >= 0.6 is 11.6 Å². The van der Waals surface area contributed by atoms with E-state index in [1.807, 2.05) is 0 Å². The van der Waals surface area contributed by atoms with E-state index in [-0.39, 0.29) is 12.0 Å². The lowest BCUT2D eigenvalue weighted by Crippen LogP contribution is -2.47. The van der Waals surface area contributed by atoms with Gasteiger partial charge in [-0.1, -0.05) is 11.6 Å². The zero-order valence-electron chi connectivity index (χ0n) is 14.1. The van der Waals surface area contributed by atoms with Crippen LogP contribution in [0, 0.1) is 5.41 Å². The van der Waals surface area contributed by atoms with Crippen molar-refractivity contribution in [3.8, 4) is 5.75 Å². The highest BCUT2D eigenvalue weighted by Gasteiger charge is 2.36. The molecule has 1 heterocycles. The van der Waals surface area contributed by atoms with Gasteiger partial charge in [0, 0.05) is 18.8 Å². The van der Waals surface area contributed by atoms with E-state index in [2.05, 4.69) is 10.6 Å². The van der Waals surface area contributed by atoms with Crippen molar-refractivity contribution in [3.05, 3.63) is 23.2 Å². The molecule has 1 aliphatic rings. The van der Waals surface area contributed by atoms with Gasteiger partial charge >= 0.3 is 0 Å². The topological polar surface area (TPSA) is 76.7 Å². The Balaban J connectivity index is 1.95. The van der Waals surface area contributed by atoms with Crippen LogP contribution in [-0.2, 0) is 14.3 Å². The number of ether oxygens (including phenoxy) is 2. The van der Waals surface area contributed by atoms with Crippen molar-refractivity contribution in [2.24, 2.45) is 5.41 Å². The fourth-order valence-corrected chi connectivity index (χ4v) is 2.63. The highest BCUT2D eigenvalue weighted by Crippen LogP contribution is 2.28. The van der Waals surface area contributed by atoms with E-state index in [4.69, 9.17) is 21.1 Å². The van der Waals surface area contributed by atoms with Crippen molar-refractivity contribution in [2.75, 3.05) is 25.6 Å². The lowest BCUT2D eigenvalue weighted by Gasteiger charge is -2.23. The van der Waals surface area contributed by atoms with Crippen molar-refractivity contribution < 1.29 is 19.1 Å². The SMILES string of the molecule is COc1ccc(NC(=O)C(C)(C)C(=O)NCC2CCCO2)cc1Cl. The second-order valence-corrected chi connectivity index (χ2v) is 6.68. The summed E-state index contributed by atoms with van der Waals surface area (Å²) in [7, 11) is 1.51. The van der Waals surface area contributed by atoms with Gasteiger partial charge in [-0.15, -0.1) is 0 Å². The number of carbonyl (C=O) groups excluding carboxylic acids is 2. The lowest BCUT2D eigenvalue weighted by molar-refractivity contribution is -0.138. The Kier molecular flexibility index (Phi) is 6.07. The molecule has 2 N–H and O–H groups in total. The summed E-state index contributed by atoms with van der Waals surface area (Å²) in [6.45, 7) is 4.31. The highest BCUT2D eigenvalue weighted by atomic mass is 35.5. The van der Waals surface area contributed by atoms with Crippen LogP contribution in [0.15, 0.2) is 18.2 Å². The highest BCUT2D eigenvalue weighted by molar-refractivity contribution is 6.32. The number of benzene rings is 1. The molecule has 1 atom stereocenters. The summed E-state index contributed by atoms with van der Waals surface area (Å²) in [6, 6.07) is 4.91. The maximum absolute atomic E-state index is 12.5. The molecule has 0 radical (unpaired) electrons. The number of carbonyl (C=O) groups is 2. The Bertz CT molecular complexity index is 613. The monoisotopic (exact) mass is 354 g/mol. The van der Waals surface area contributed by atoms with Gasteiger partial charge in [0.1, 0.15) is 11.2 Å². The number of amides is 2. The molecule has 7 heteroatoms. The van der Waals surface area contributed by atoms with E-state index < -0.39 is 11.3 Å². The normalized spacial score (nSPS) is 17.4. The average Bonchev–Trinajstić information content (AvgIpc) is 3.06. The summed E-state index contributed by atoms with van der Waals surface area (Å²) >= 11 is 6.04. The lowest BCUT2D eigenvalue weighted by atomic mass is 9.91. The maximum Gasteiger partial charge on any atom is 0.239 e. The minimum absolute atomic E-state index is 0.0354. The Morgan fingerprint density at radius 2 is 2.12 bits per heavy atom. The predicted molar refractivity (Wildman–Crippen MR) is 92.4 cm³/mol. The van der Waals surface area contributed by atoms with Crippen LogP contribution in [0.5, 0.6) is 5.75 Å². The van der Waals surface area contributed by atoms with Gasteiger partial charge in [0.15, 0.2) is 0 Å². The van der Waals surface area contributed by atoms with Gasteiger partial charge in [0.2, 0.25) is 11.8 Å². The molecule has 6 nitrogen and oxygen atoms in total. The zero-order valence-corrected chi connectivity index (χ0v) is 14.9. The Morgan fingerprint density at radius 1 is 1.38 bits per heavy atom. The number of halogens is 1. The molecule has 1 aromatic rings. The first-order valence-corrected chi connectivity index (χ1v) is 8.27. The van der Waals surface area contributed by atoms with E-state index in [0.717, 1.165) is 19.4 Å². The van der Waals surface area contributed by atoms with Crippen molar-refractivity contribution in [1.29, 1.82) is 0 Å². The van der Waals surface area contributed by atoms with Crippen molar-refractivity contribution in [1.82, 2.24) is 5.32 Å². The van der Waals surface area contributed by atoms with Crippen LogP contribution in [0.2, 0.25) is 5.02 Å². The summed E-state index contributed by atoms with van der Waals surface area (Å²) < 4.78 is 10.5. The quantitative estimate of drug-likeness (QED) is 0.770. The second kappa shape index (κ2) is 7.85. The van der Waals surface area contributed by atoms with E-state index in [1.54, 1.807) is 32.0 Å². The molecular weight excluding hydrogens is 332 g/mol. The Morgan fingerprint density at radius 3 is 2.71 bits per heavy atom. The van der Waals surface area contributed by atoms with Gasteiger partial charge in [-0.3, -0.25) is 9.59 Å². The minimum Gasteiger partial charge on any atom is -0.495 e. The molecule has 1 fully saturated rings. The van der Waals surface area contributed by atoms with Crippen LogP contribution in [0.1, 0.15) is 26.7 Å². The fraction of sp³-hybridized carbons (Fsp3) is 0.529. The van der Waals surface area contributed by atoms with E-state index >= 15 is 0 Å². The molecule has 0 bridgehead atoms. The van der Waals surface area contributed by atoms with Gasteiger partial charge in [-0.25, -0.2) is 0 Å². The minimum atomic E-state index is -1.22. The number of hydrogen-bond donors (Lipinski definition) is 2. The Hall–Kier alpha value is -1.79. The summed E-state index contributed by atoms with van der Waals surface area (Å²) in [5.41, 5.74) is -0.712. The first kappa shape index (κ1) is 18.5. The number of anilines is 1. The average molecular weight is 355 g/mol. The van der Waals surface area contributed by atoms with E-state index in [9.17, 15) is 9.59 Å².